The van der Waals surface area contributed by atoms with Gasteiger partial charge in [0.05, 0.1) is 33.0 Å². The van der Waals surface area contributed by atoms with Crippen LogP contribution in [0.5, 0.6) is 11.5 Å². The van der Waals surface area contributed by atoms with Crippen molar-refractivity contribution in [1.29, 1.82) is 0 Å². The van der Waals surface area contributed by atoms with Crippen LogP contribution in [0, 0.1) is 0 Å². The van der Waals surface area contributed by atoms with Gasteiger partial charge >= 0.3 is 0 Å². The Morgan fingerprint density at radius 2 is 1.78 bits per heavy atom. The van der Waals surface area contributed by atoms with E-state index in [0.717, 1.165) is 17.1 Å². The zero-order valence-corrected chi connectivity index (χ0v) is 15.2. The maximum Gasteiger partial charge on any atom is 0.165 e. The molecule has 1 rings (SSSR count). The highest BCUT2D eigenvalue weighted by Crippen LogP contribution is 2.31. The molecule has 23 heavy (non-hydrogen) atoms. The van der Waals surface area contributed by atoms with E-state index in [4.69, 9.17) is 14.2 Å². The molecular formula is C18H31NO4. The lowest BCUT2D eigenvalue weighted by atomic mass is 10.1. The molecule has 0 bridgehead atoms. The lowest BCUT2D eigenvalue weighted by molar-refractivity contribution is -0.0137. The third-order valence-corrected chi connectivity index (χ3v) is 3.66. The summed E-state index contributed by atoms with van der Waals surface area (Å²) in [6.07, 6.45) is -0.396. The molecule has 0 aromatic heterocycles. The normalized spacial score (nSPS) is 13.0. The number of aliphatic hydroxyl groups excluding tert-OH is 1. The van der Waals surface area contributed by atoms with Crippen molar-refractivity contribution in [3.05, 3.63) is 23.8 Å². The van der Waals surface area contributed by atoms with Crippen LogP contribution in [-0.2, 0) is 11.3 Å². The molecule has 0 radical (unpaired) electrons. The van der Waals surface area contributed by atoms with Crippen molar-refractivity contribution in [1.82, 2.24) is 4.90 Å². The predicted octanol–water partition coefficient (Wildman–Crippen LogP) is 2.70. The minimum atomic E-state index is -0.517. The van der Waals surface area contributed by atoms with E-state index >= 15 is 0 Å². The van der Waals surface area contributed by atoms with E-state index in [0.29, 0.717) is 25.7 Å². The van der Waals surface area contributed by atoms with Gasteiger partial charge in [-0.3, -0.25) is 4.90 Å². The van der Waals surface area contributed by atoms with E-state index in [-0.39, 0.29) is 6.10 Å². The molecule has 1 atom stereocenters. The quantitative estimate of drug-likeness (QED) is 0.717. The number of hydrogen-bond acceptors (Lipinski definition) is 5. The number of methoxy groups -OCH3 is 2. The first kappa shape index (κ1) is 19.7. The Morgan fingerprint density at radius 3 is 2.30 bits per heavy atom. The largest absolute Gasteiger partial charge is 0.493 e. The third-order valence-electron chi connectivity index (χ3n) is 3.66. The molecule has 0 aliphatic rings. The first-order valence-electron chi connectivity index (χ1n) is 8.12. The summed E-state index contributed by atoms with van der Waals surface area (Å²) in [5.74, 6) is 1.46. The van der Waals surface area contributed by atoms with Crippen LogP contribution in [-0.4, -0.2) is 55.6 Å². The number of para-hydroxylation sites is 1. The van der Waals surface area contributed by atoms with Crippen LogP contribution >= 0.6 is 0 Å². The van der Waals surface area contributed by atoms with Gasteiger partial charge in [0.25, 0.3) is 0 Å². The molecular weight excluding hydrogens is 294 g/mol. The monoisotopic (exact) mass is 325 g/mol. The van der Waals surface area contributed by atoms with Crippen molar-refractivity contribution in [2.75, 3.05) is 27.4 Å². The second-order valence-electron chi connectivity index (χ2n) is 6.21. The molecule has 0 amide bonds. The average Bonchev–Trinajstić information content (AvgIpc) is 2.51. The lowest BCUT2D eigenvalue weighted by Crippen LogP contribution is -2.39. The molecule has 1 aromatic carbocycles. The maximum absolute atomic E-state index is 10.2. The van der Waals surface area contributed by atoms with E-state index in [1.807, 2.05) is 32.0 Å². The summed E-state index contributed by atoms with van der Waals surface area (Å²) in [4.78, 5) is 2.20. The summed E-state index contributed by atoms with van der Waals surface area (Å²) in [6.45, 7) is 9.73. The number of benzene rings is 1. The number of ether oxygens (including phenoxy) is 3. The van der Waals surface area contributed by atoms with Crippen LogP contribution in [0.25, 0.3) is 0 Å². The van der Waals surface area contributed by atoms with Crippen molar-refractivity contribution >= 4 is 0 Å². The molecule has 0 saturated heterocycles. The Balaban J connectivity index is 2.80. The fourth-order valence-electron chi connectivity index (χ4n) is 2.38. The van der Waals surface area contributed by atoms with Gasteiger partial charge in [0.2, 0.25) is 0 Å². The van der Waals surface area contributed by atoms with Gasteiger partial charge in [0.15, 0.2) is 11.5 Å². The summed E-state index contributed by atoms with van der Waals surface area (Å²) in [6, 6.07) is 6.15. The fraction of sp³-hybridized carbons (Fsp3) is 0.667. The second-order valence-corrected chi connectivity index (χ2v) is 6.21. The smallest absolute Gasteiger partial charge is 0.165 e. The number of hydrogen-bond donors (Lipinski definition) is 1. The van der Waals surface area contributed by atoms with Gasteiger partial charge in [0, 0.05) is 24.7 Å². The third kappa shape index (κ3) is 6.37. The topological polar surface area (TPSA) is 51.2 Å². The zero-order valence-electron chi connectivity index (χ0n) is 15.2. The van der Waals surface area contributed by atoms with E-state index in [1.54, 1.807) is 14.2 Å². The average molecular weight is 325 g/mol. The number of nitrogens with zero attached hydrogens (tertiary/aromatic N) is 1. The molecule has 1 N–H and O–H groups in total. The molecule has 0 aliphatic carbocycles. The van der Waals surface area contributed by atoms with Crippen LogP contribution in [0.4, 0.5) is 0 Å². The summed E-state index contributed by atoms with van der Waals surface area (Å²) in [5.41, 5.74) is 1.04. The number of aliphatic hydroxyl groups is 1. The van der Waals surface area contributed by atoms with Crippen LogP contribution in [0.15, 0.2) is 18.2 Å². The van der Waals surface area contributed by atoms with Gasteiger partial charge < -0.3 is 19.3 Å². The van der Waals surface area contributed by atoms with Crippen molar-refractivity contribution in [3.63, 3.8) is 0 Å². The van der Waals surface area contributed by atoms with Gasteiger partial charge in [-0.05, 0) is 33.8 Å². The first-order chi connectivity index (χ1) is 10.9. The van der Waals surface area contributed by atoms with E-state index in [9.17, 15) is 5.11 Å². The molecule has 0 saturated carbocycles. The van der Waals surface area contributed by atoms with Gasteiger partial charge in [-0.2, -0.15) is 0 Å². The van der Waals surface area contributed by atoms with Gasteiger partial charge in [-0.25, -0.2) is 0 Å². The highest BCUT2D eigenvalue weighted by molar-refractivity contribution is 5.46. The highest BCUT2D eigenvalue weighted by atomic mass is 16.5. The Hall–Kier alpha value is -1.30. The van der Waals surface area contributed by atoms with Crippen LogP contribution < -0.4 is 9.47 Å². The maximum atomic E-state index is 10.2. The first-order valence-corrected chi connectivity index (χ1v) is 8.12. The highest BCUT2D eigenvalue weighted by Gasteiger charge is 2.19. The summed E-state index contributed by atoms with van der Waals surface area (Å²) >= 11 is 0. The summed E-state index contributed by atoms with van der Waals surface area (Å²) in [7, 11) is 3.28. The standard InChI is InChI=1S/C18H31NO4/c1-13(2)19(11-16(20)12-23-14(3)4)10-15-8-7-9-17(21-5)18(15)22-6/h7-9,13-14,16,20H,10-12H2,1-6H3. The molecule has 0 aliphatic heterocycles. The Kier molecular flexibility index (Phi) is 8.37. The second kappa shape index (κ2) is 9.75. The molecule has 5 nitrogen and oxygen atoms in total. The predicted molar refractivity (Wildman–Crippen MR) is 92.2 cm³/mol. The number of rotatable bonds is 10. The SMILES string of the molecule is COc1cccc(CN(CC(O)COC(C)C)C(C)C)c1OC. The molecule has 0 fully saturated rings. The van der Waals surface area contributed by atoms with Crippen molar-refractivity contribution in [2.45, 2.75) is 52.5 Å². The molecule has 0 heterocycles. The van der Waals surface area contributed by atoms with Crippen LogP contribution in [0.3, 0.4) is 0 Å². The van der Waals surface area contributed by atoms with Crippen molar-refractivity contribution < 1.29 is 19.3 Å². The summed E-state index contributed by atoms with van der Waals surface area (Å²) in [5, 5.41) is 10.2. The molecule has 1 aromatic rings. The van der Waals surface area contributed by atoms with Crippen molar-refractivity contribution in [2.24, 2.45) is 0 Å². The Labute approximate surface area is 140 Å². The zero-order chi connectivity index (χ0) is 17.4. The van der Waals surface area contributed by atoms with E-state index in [2.05, 4.69) is 18.7 Å². The van der Waals surface area contributed by atoms with E-state index < -0.39 is 6.10 Å². The summed E-state index contributed by atoms with van der Waals surface area (Å²) < 4.78 is 16.3. The molecule has 0 spiro atoms. The van der Waals surface area contributed by atoms with Gasteiger partial charge in [-0.15, -0.1) is 0 Å². The van der Waals surface area contributed by atoms with E-state index in [1.165, 1.54) is 0 Å². The van der Waals surface area contributed by atoms with Crippen LogP contribution in [0.1, 0.15) is 33.3 Å². The fourth-order valence-corrected chi connectivity index (χ4v) is 2.38. The Bertz CT molecular complexity index is 462. The molecule has 5 heteroatoms. The molecule has 132 valence electrons. The molecule has 1 unspecified atom stereocenters. The lowest BCUT2D eigenvalue weighted by Gasteiger charge is -2.29. The minimum absolute atomic E-state index is 0.121. The van der Waals surface area contributed by atoms with Crippen molar-refractivity contribution in [3.8, 4) is 11.5 Å². The van der Waals surface area contributed by atoms with Crippen LogP contribution in [0.2, 0.25) is 0 Å². The van der Waals surface area contributed by atoms with Gasteiger partial charge in [-0.1, -0.05) is 12.1 Å². The Morgan fingerprint density at radius 1 is 1.09 bits per heavy atom. The van der Waals surface area contributed by atoms with Gasteiger partial charge in [0.1, 0.15) is 0 Å². The minimum Gasteiger partial charge on any atom is -0.493 e.